The van der Waals surface area contributed by atoms with Gasteiger partial charge >= 0.3 is 0 Å². The van der Waals surface area contributed by atoms with E-state index in [1.807, 2.05) is 13.8 Å². The van der Waals surface area contributed by atoms with Crippen molar-refractivity contribution in [1.29, 1.82) is 0 Å². The number of nitrogens with zero attached hydrogens (tertiary/aromatic N) is 2. The Hall–Kier alpha value is -4.34. The second-order valence-electron chi connectivity index (χ2n) is 10.0. The van der Waals surface area contributed by atoms with Crippen LogP contribution < -0.4 is 10.9 Å². The fourth-order valence-electron chi connectivity index (χ4n) is 4.68. The van der Waals surface area contributed by atoms with Crippen LogP contribution in [0.15, 0.2) is 47.4 Å². The van der Waals surface area contributed by atoms with E-state index >= 15 is 0 Å². The van der Waals surface area contributed by atoms with E-state index in [1.54, 1.807) is 25.1 Å². The van der Waals surface area contributed by atoms with E-state index in [9.17, 15) is 23.2 Å². The summed E-state index contributed by atoms with van der Waals surface area (Å²) in [6.07, 6.45) is 2.37. The molecule has 0 fully saturated rings. The second-order valence-corrected chi connectivity index (χ2v) is 10.0. The number of hydrogen-bond donors (Lipinski definition) is 3. The van der Waals surface area contributed by atoms with Gasteiger partial charge in [0.2, 0.25) is 0 Å². The predicted molar refractivity (Wildman–Crippen MR) is 140 cm³/mol. The summed E-state index contributed by atoms with van der Waals surface area (Å²) in [7, 11) is 0. The zero-order chi connectivity index (χ0) is 27.1. The van der Waals surface area contributed by atoms with Crippen LogP contribution in [0.25, 0.3) is 22.4 Å². The van der Waals surface area contributed by atoms with Gasteiger partial charge in [0.25, 0.3) is 17.4 Å². The van der Waals surface area contributed by atoms with Gasteiger partial charge in [-0.3, -0.25) is 19.3 Å². The molecule has 4 aromatic rings. The minimum atomic E-state index is -0.528. The molecular weight excluding hydrogens is 492 g/mol. The van der Waals surface area contributed by atoms with Gasteiger partial charge in [-0.25, -0.2) is 13.8 Å². The van der Waals surface area contributed by atoms with Crippen LogP contribution in [-0.4, -0.2) is 44.3 Å². The summed E-state index contributed by atoms with van der Waals surface area (Å²) in [5.41, 5.74) is 1.99. The molecule has 2 aromatic heterocycles. The molecule has 0 saturated carbocycles. The highest BCUT2D eigenvalue weighted by molar-refractivity contribution is 6.22. The molecule has 0 bridgehead atoms. The molecule has 0 aliphatic carbocycles. The molecule has 196 valence electrons. The van der Waals surface area contributed by atoms with Gasteiger partial charge in [-0.05, 0) is 67.6 Å². The first-order valence-corrected chi connectivity index (χ1v) is 12.4. The zero-order valence-corrected chi connectivity index (χ0v) is 21.2. The maximum absolute atomic E-state index is 14.1. The van der Waals surface area contributed by atoms with Crippen molar-refractivity contribution < 1.29 is 18.4 Å². The molecule has 0 spiro atoms. The van der Waals surface area contributed by atoms with Crippen molar-refractivity contribution in [2.24, 2.45) is 5.92 Å². The van der Waals surface area contributed by atoms with Crippen molar-refractivity contribution in [2.75, 3.05) is 11.9 Å². The number of carbonyl (C=O) groups excluding carboxylic acids is 2. The van der Waals surface area contributed by atoms with Gasteiger partial charge in [-0.2, -0.15) is 0 Å². The van der Waals surface area contributed by atoms with E-state index in [0.717, 1.165) is 18.2 Å². The molecule has 10 heteroatoms. The Bertz CT molecular complexity index is 1570. The lowest BCUT2D eigenvalue weighted by molar-refractivity contribution is 0.0648. The number of halogens is 2. The lowest BCUT2D eigenvalue weighted by atomic mass is 10.1. The number of pyridine rings is 1. The number of aromatic amines is 2. The lowest BCUT2D eigenvalue weighted by Crippen LogP contribution is -2.31. The highest BCUT2D eigenvalue weighted by atomic mass is 19.1. The van der Waals surface area contributed by atoms with E-state index < -0.39 is 17.2 Å². The number of nitrogens with one attached hydrogen (secondary N) is 3. The fraction of sp³-hybridized carbons (Fsp3) is 0.286. The van der Waals surface area contributed by atoms with Crippen molar-refractivity contribution >= 4 is 28.5 Å². The van der Waals surface area contributed by atoms with E-state index in [2.05, 4.69) is 20.3 Å². The van der Waals surface area contributed by atoms with Gasteiger partial charge in [0, 0.05) is 18.8 Å². The van der Waals surface area contributed by atoms with Crippen molar-refractivity contribution in [3.63, 3.8) is 0 Å². The molecule has 1 unspecified atom stereocenters. The summed E-state index contributed by atoms with van der Waals surface area (Å²) in [5, 5.41) is 3.19. The highest BCUT2D eigenvalue weighted by Gasteiger charge is 2.36. The van der Waals surface area contributed by atoms with E-state index in [4.69, 9.17) is 0 Å². The van der Waals surface area contributed by atoms with Crippen LogP contribution in [0.3, 0.4) is 0 Å². The third-order valence-corrected chi connectivity index (χ3v) is 6.64. The maximum atomic E-state index is 14.1. The van der Waals surface area contributed by atoms with Gasteiger partial charge in [0.15, 0.2) is 0 Å². The predicted octanol–water partition coefficient (Wildman–Crippen LogP) is 4.88. The summed E-state index contributed by atoms with van der Waals surface area (Å²) in [6, 6.07) is 7.76. The number of rotatable bonds is 8. The first kappa shape index (κ1) is 25.3. The van der Waals surface area contributed by atoms with Crippen molar-refractivity contribution in [3.8, 4) is 11.4 Å². The summed E-state index contributed by atoms with van der Waals surface area (Å²) in [4.78, 5) is 50.2. The Balaban J connectivity index is 1.45. The number of fused-ring (bicyclic) bond motifs is 2. The van der Waals surface area contributed by atoms with E-state index in [1.165, 1.54) is 11.1 Å². The molecule has 2 aromatic carbocycles. The second kappa shape index (κ2) is 9.85. The minimum absolute atomic E-state index is 0.181. The molecular formula is C28H27F2N5O3. The number of anilines is 1. The standard InChI is InChI=1S/C28H27F2N5O3/c1-14(2)7-9-35-27(37)18-12-22-23(13-19(18)28(35)38)34-25(33-22)24-21(6-8-31-26(24)36)32-15(3)10-16-11-17(29)4-5-20(16)30/h4-6,8,11-15H,7,9-10H2,1-3H3,(H,33,34)(H2,31,32,36). The normalized spacial score (nSPS) is 14.0. The first-order valence-electron chi connectivity index (χ1n) is 12.4. The van der Waals surface area contributed by atoms with Gasteiger partial charge in [0.05, 0.1) is 27.8 Å². The molecule has 3 N–H and O–H groups in total. The Labute approximate surface area is 217 Å². The number of benzene rings is 2. The van der Waals surface area contributed by atoms with Crippen molar-refractivity contribution in [2.45, 2.75) is 39.7 Å². The molecule has 0 radical (unpaired) electrons. The Morgan fingerprint density at radius 1 is 1.00 bits per heavy atom. The third-order valence-electron chi connectivity index (χ3n) is 6.64. The maximum Gasteiger partial charge on any atom is 0.261 e. The van der Waals surface area contributed by atoms with Crippen LogP contribution in [0.2, 0.25) is 0 Å². The van der Waals surface area contributed by atoms with E-state index in [-0.39, 0.29) is 46.8 Å². The topological polar surface area (TPSA) is 111 Å². The molecule has 1 aliphatic heterocycles. The first-order chi connectivity index (χ1) is 18.1. The van der Waals surface area contributed by atoms with Gasteiger partial charge < -0.3 is 15.3 Å². The molecule has 3 heterocycles. The minimum Gasteiger partial charge on any atom is -0.381 e. The van der Waals surface area contributed by atoms with Gasteiger partial charge in [-0.15, -0.1) is 0 Å². The Kier molecular flexibility index (Phi) is 6.56. The molecule has 1 aliphatic rings. The number of amides is 2. The molecule has 8 nitrogen and oxygen atoms in total. The van der Waals surface area contributed by atoms with Crippen LogP contribution >= 0.6 is 0 Å². The lowest BCUT2D eigenvalue weighted by Gasteiger charge is -2.17. The summed E-state index contributed by atoms with van der Waals surface area (Å²) < 4.78 is 27.7. The Morgan fingerprint density at radius 2 is 1.74 bits per heavy atom. The van der Waals surface area contributed by atoms with Crippen molar-refractivity contribution in [3.05, 3.63) is 81.3 Å². The van der Waals surface area contributed by atoms with Crippen molar-refractivity contribution in [1.82, 2.24) is 19.9 Å². The molecule has 0 saturated heterocycles. The number of aromatic nitrogens is 3. The van der Waals surface area contributed by atoms with E-state index in [0.29, 0.717) is 41.2 Å². The van der Waals surface area contributed by atoms with Crippen LogP contribution in [0.5, 0.6) is 0 Å². The average molecular weight is 520 g/mol. The van der Waals surface area contributed by atoms with Gasteiger partial charge in [0.1, 0.15) is 23.0 Å². The number of hydrogen-bond acceptors (Lipinski definition) is 5. The number of imidazole rings is 1. The van der Waals surface area contributed by atoms with Crippen LogP contribution in [0.4, 0.5) is 14.5 Å². The smallest absolute Gasteiger partial charge is 0.261 e. The zero-order valence-electron chi connectivity index (χ0n) is 21.2. The van der Waals surface area contributed by atoms with Crippen LogP contribution in [-0.2, 0) is 6.42 Å². The number of imide groups is 1. The monoisotopic (exact) mass is 519 g/mol. The Morgan fingerprint density at radius 3 is 2.47 bits per heavy atom. The van der Waals surface area contributed by atoms with Crippen LogP contribution in [0, 0.1) is 17.6 Å². The average Bonchev–Trinajstić information content (AvgIpc) is 3.36. The summed E-state index contributed by atoms with van der Waals surface area (Å²) >= 11 is 0. The SMILES string of the molecule is CC(C)CCN1C(=O)c2cc3nc(-c4c(NC(C)Cc5cc(F)ccc5F)cc[nH]c4=O)[nH]c3cc2C1=O. The largest absolute Gasteiger partial charge is 0.381 e. The number of carbonyl (C=O) groups is 2. The highest BCUT2D eigenvalue weighted by Crippen LogP contribution is 2.30. The quantitative estimate of drug-likeness (QED) is 0.287. The molecule has 38 heavy (non-hydrogen) atoms. The third kappa shape index (κ3) is 4.69. The summed E-state index contributed by atoms with van der Waals surface area (Å²) in [6.45, 7) is 6.20. The van der Waals surface area contributed by atoms with Crippen LogP contribution in [0.1, 0.15) is 53.5 Å². The molecule has 1 atom stereocenters. The van der Waals surface area contributed by atoms with Gasteiger partial charge in [-0.1, -0.05) is 13.8 Å². The summed E-state index contributed by atoms with van der Waals surface area (Å²) in [5.74, 6) is -1.14. The fourth-order valence-corrected chi connectivity index (χ4v) is 4.68. The molecule has 2 amide bonds. The number of H-pyrrole nitrogens is 2. The molecule has 5 rings (SSSR count).